The maximum atomic E-state index is 13.0. The molecule has 8 nitrogen and oxygen atoms in total. The maximum Gasteiger partial charge on any atom is 0.268 e. The molecule has 0 aromatic rings. The first kappa shape index (κ1) is 68.9. The summed E-state index contributed by atoms with van der Waals surface area (Å²) in [6.45, 7) is 4.55. The van der Waals surface area contributed by atoms with Gasteiger partial charge in [0.2, 0.25) is 5.91 Å². The molecule has 3 atom stereocenters. The number of aliphatic hydroxyl groups excluding tert-OH is 1. The Labute approximate surface area is 440 Å². The van der Waals surface area contributed by atoms with Crippen molar-refractivity contribution in [1.82, 2.24) is 5.32 Å². The Hall–Kier alpha value is -2.06. The van der Waals surface area contributed by atoms with Crippen molar-refractivity contribution in [3.63, 3.8) is 0 Å². The molecule has 0 aliphatic carbocycles. The van der Waals surface area contributed by atoms with Gasteiger partial charge in [0, 0.05) is 6.42 Å². The summed E-state index contributed by atoms with van der Waals surface area (Å²) in [5.74, 6) is -0.197. The van der Waals surface area contributed by atoms with Crippen LogP contribution in [0.3, 0.4) is 0 Å². The van der Waals surface area contributed by atoms with Crippen LogP contribution < -0.4 is 10.2 Å². The largest absolute Gasteiger partial charge is 0.756 e. The molecule has 0 heterocycles. The number of phosphoric ester groups is 1. The van der Waals surface area contributed by atoms with E-state index in [-0.39, 0.29) is 19.1 Å². The van der Waals surface area contributed by atoms with Gasteiger partial charge in [0.05, 0.1) is 39.9 Å². The molecule has 0 bridgehead atoms. The minimum atomic E-state index is -4.60. The Morgan fingerprint density at radius 2 is 0.859 bits per heavy atom. The quantitative estimate of drug-likeness (QED) is 0.0272. The number of phosphoric acid groups is 1. The molecule has 414 valence electrons. The minimum absolute atomic E-state index is 0.00174. The summed E-state index contributed by atoms with van der Waals surface area (Å²) in [6.07, 6.45) is 72.7. The average molecular weight is 1020 g/mol. The first-order chi connectivity index (χ1) is 34.5. The van der Waals surface area contributed by atoms with Gasteiger partial charge in [-0.3, -0.25) is 9.36 Å². The summed E-state index contributed by atoms with van der Waals surface area (Å²) in [6, 6.07) is -0.888. The number of nitrogens with one attached hydrogen (secondary N) is 1. The Bertz CT molecular complexity index is 1380. The van der Waals surface area contributed by atoms with Gasteiger partial charge in [-0.2, -0.15) is 0 Å². The standard InChI is InChI=1S/C62H115N2O6P/c1-6-8-10-12-14-16-18-20-22-24-25-26-27-28-29-30-31-32-33-34-35-36-37-38-39-40-42-44-46-48-50-52-54-56-62(66)63-60(59-70-71(67,68)69-58-57-64(3,4)5)61(65)55-53-51-49-47-45-43-41-23-21-19-17-15-13-11-9-7-2/h8,10,14,16,20,22,25-26,28-29,53,55,60-61,65H,6-7,9,11-13,15,17-19,21,23-24,27,30-52,54,56-59H2,1-5H3,(H-,63,66,67,68)/b10-8-,16-14-,22-20-,26-25-,29-28-,55-53+. The maximum absolute atomic E-state index is 13.0. The van der Waals surface area contributed by atoms with Crippen molar-refractivity contribution in [2.45, 2.75) is 276 Å². The zero-order chi connectivity index (χ0) is 52.0. The Morgan fingerprint density at radius 1 is 0.507 bits per heavy atom. The van der Waals surface area contributed by atoms with E-state index in [0.29, 0.717) is 17.4 Å². The number of carbonyl (C=O) groups is 1. The van der Waals surface area contributed by atoms with Crippen LogP contribution >= 0.6 is 7.82 Å². The average Bonchev–Trinajstić information content (AvgIpc) is 3.33. The first-order valence-corrected chi connectivity index (χ1v) is 31.3. The van der Waals surface area contributed by atoms with Crippen molar-refractivity contribution >= 4 is 13.7 Å². The van der Waals surface area contributed by atoms with Crippen molar-refractivity contribution in [2.24, 2.45) is 0 Å². The molecular formula is C62H115N2O6P. The monoisotopic (exact) mass is 1010 g/mol. The predicted molar refractivity (Wildman–Crippen MR) is 307 cm³/mol. The summed E-state index contributed by atoms with van der Waals surface area (Å²) >= 11 is 0. The van der Waals surface area contributed by atoms with Gasteiger partial charge in [-0.1, -0.05) is 267 Å². The Balaban J connectivity index is 4.07. The van der Waals surface area contributed by atoms with Crippen LogP contribution in [0.15, 0.2) is 72.9 Å². The molecular weight excluding hydrogens is 900 g/mol. The zero-order valence-corrected chi connectivity index (χ0v) is 48.1. The normalized spacial score (nSPS) is 14.4. The molecule has 0 fully saturated rings. The number of rotatable bonds is 54. The third-order valence-corrected chi connectivity index (χ3v) is 14.1. The predicted octanol–water partition coefficient (Wildman–Crippen LogP) is 17.6. The number of allylic oxidation sites excluding steroid dienone is 11. The molecule has 0 radical (unpaired) electrons. The lowest BCUT2D eigenvalue weighted by Crippen LogP contribution is -2.45. The van der Waals surface area contributed by atoms with E-state index in [1.54, 1.807) is 6.08 Å². The molecule has 0 aliphatic rings. The highest BCUT2D eigenvalue weighted by Crippen LogP contribution is 2.38. The number of unbranched alkanes of at least 4 members (excludes halogenated alkanes) is 31. The minimum Gasteiger partial charge on any atom is -0.756 e. The molecule has 0 aromatic carbocycles. The molecule has 0 aliphatic heterocycles. The lowest BCUT2D eigenvalue weighted by Gasteiger charge is -2.29. The van der Waals surface area contributed by atoms with E-state index in [1.807, 2.05) is 27.2 Å². The summed E-state index contributed by atoms with van der Waals surface area (Å²) in [7, 11) is 1.26. The van der Waals surface area contributed by atoms with E-state index >= 15 is 0 Å². The molecule has 2 N–H and O–H groups in total. The van der Waals surface area contributed by atoms with E-state index in [0.717, 1.165) is 70.6 Å². The van der Waals surface area contributed by atoms with Crippen molar-refractivity contribution in [3.05, 3.63) is 72.9 Å². The molecule has 9 heteroatoms. The van der Waals surface area contributed by atoms with Crippen LogP contribution in [0.25, 0.3) is 0 Å². The van der Waals surface area contributed by atoms with E-state index in [4.69, 9.17) is 9.05 Å². The summed E-state index contributed by atoms with van der Waals surface area (Å²) < 4.78 is 23.3. The molecule has 0 saturated carbocycles. The van der Waals surface area contributed by atoms with Gasteiger partial charge in [0.15, 0.2) is 0 Å². The number of hydrogen-bond donors (Lipinski definition) is 2. The molecule has 0 aromatic heterocycles. The van der Waals surface area contributed by atoms with Gasteiger partial charge in [-0.25, -0.2) is 0 Å². The molecule has 3 unspecified atom stereocenters. The summed E-state index contributed by atoms with van der Waals surface area (Å²) in [5, 5.41) is 13.9. The fraction of sp³-hybridized carbons (Fsp3) is 0.790. The van der Waals surface area contributed by atoms with Crippen LogP contribution in [0.2, 0.25) is 0 Å². The fourth-order valence-corrected chi connectivity index (χ4v) is 9.26. The van der Waals surface area contributed by atoms with Crippen LogP contribution in [0.4, 0.5) is 0 Å². The number of likely N-dealkylation sites (N-methyl/N-ethyl adjacent to an activating group) is 1. The van der Waals surface area contributed by atoms with Crippen molar-refractivity contribution < 1.29 is 32.9 Å². The van der Waals surface area contributed by atoms with Gasteiger partial charge >= 0.3 is 0 Å². The van der Waals surface area contributed by atoms with Crippen molar-refractivity contribution in [2.75, 3.05) is 40.9 Å². The number of amides is 1. The van der Waals surface area contributed by atoms with Gasteiger partial charge in [-0.05, 0) is 64.2 Å². The molecule has 0 rings (SSSR count). The highest BCUT2D eigenvalue weighted by atomic mass is 31.2. The third kappa shape index (κ3) is 55.5. The van der Waals surface area contributed by atoms with Crippen LogP contribution in [-0.4, -0.2) is 68.5 Å². The van der Waals surface area contributed by atoms with Crippen molar-refractivity contribution in [1.29, 1.82) is 0 Å². The highest BCUT2D eigenvalue weighted by molar-refractivity contribution is 7.45. The topological polar surface area (TPSA) is 108 Å². The van der Waals surface area contributed by atoms with E-state index in [1.165, 1.54) is 173 Å². The Kier molecular flexibility index (Phi) is 51.3. The summed E-state index contributed by atoms with van der Waals surface area (Å²) in [4.78, 5) is 25.5. The van der Waals surface area contributed by atoms with Crippen molar-refractivity contribution in [3.8, 4) is 0 Å². The Morgan fingerprint density at radius 3 is 1.25 bits per heavy atom. The van der Waals surface area contributed by atoms with Gasteiger partial charge in [-0.15, -0.1) is 0 Å². The van der Waals surface area contributed by atoms with E-state index < -0.39 is 20.0 Å². The highest BCUT2D eigenvalue weighted by Gasteiger charge is 2.23. The number of quaternary nitrogens is 1. The lowest BCUT2D eigenvalue weighted by atomic mass is 10.0. The number of carbonyl (C=O) groups excluding carboxylic acids is 1. The second-order valence-electron chi connectivity index (χ2n) is 21.3. The van der Waals surface area contributed by atoms with Gasteiger partial charge in [0.25, 0.3) is 7.82 Å². The van der Waals surface area contributed by atoms with Gasteiger partial charge < -0.3 is 28.8 Å². The second kappa shape index (κ2) is 52.8. The first-order valence-electron chi connectivity index (χ1n) is 29.8. The third-order valence-electron chi connectivity index (χ3n) is 13.2. The second-order valence-corrected chi connectivity index (χ2v) is 22.7. The van der Waals surface area contributed by atoms with Gasteiger partial charge in [0.1, 0.15) is 13.2 Å². The molecule has 1 amide bonds. The van der Waals surface area contributed by atoms with E-state index in [9.17, 15) is 19.4 Å². The zero-order valence-electron chi connectivity index (χ0n) is 47.2. The number of nitrogens with zero attached hydrogens (tertiary/aromatic N) is 1. The summed E-state index contributed by atoms with van der Waals surface area (Å²) in [5.41, 5.74) is 0. The SMILES string of the molecule is CC/C=C\C/C=C\C/C=C\C/C=C\C/C=C\CCCCCCCCCCCCCCCCCCCC(=O)NC(COP(=O)([O-])OCC[N+](C)(C)C)C(O)/C=C/CCCCCCCCCCCCCCCC. The van der Waals surface area contributed by atoms with Crippen LogP contribution in [-0.2, 0) is 18.4 Å². The van der Waals surface area contributed by atoms with Crippen LogP contribution in [0.1, 0.15) is 264 Å². The molecule has 71 heavy (non-hydrogen) atoms. The smallest absolute Gasteiger partial charge is 0.268 e. The van der Waals surface area contributed by atoms with E-state index in [2.05, 4.69) is 79.9 Å². The van der Waals surface area contributed by atoms with Crippen LogP contribution in [0, 0.1) is 0 Å². The number of aliphatic hydroxyl groups is 1. The number of hydrogen-bond acceptors (Lipinski definition) is 6. The van der Waals surface area contributed by atoms with Crippen LogP contribution in [0.5, 0.6) is 0 Å². The fourth-order valence-electron chi connectivity index (χ4n) is 8.53. The molecule has 0 saturated heterocycles. The molecule has 0 spiro atoms. The lowest BCUT2D eigenvalue weighted by molar-refractivity contribution is -0.870.